The quantitative estimate of drug-likeness (QED) is 0.670. The van der Waals surface area contributed by atoms with Crippen molar-refractivity contribution in [3.63, 3.8) is 0 Å². The zero-order valence-electron chi connectivity index (χ0n) is 6.89. The minimum Gasteiger partial charge on any atom is -0.501 e. The Labute approximate surface area is 73.6 Å². The van der Waals surface area contributed by atoms with Crippen molar-refractivity contribution in [3.8, 4) is 0 Å². The maximum atomic E-state index is 11.7. The van der Waals surface area contributed by atoms with Gasteiger partial charge >= 0.3 is 6.36 Å². The fraction of sp³-hybridized carbons (Fsp3) is 0.375. The van der Waals surface area contributed by atoms with E-state index in [1.54, 1.807) is 0 Å². The molecule has 0 heterocycles. The first-order chi connectivity index (χ1) is 6.01. The molecule has 0 atom stereocenters. The van der Waals surface area contributed by atoms with Gasteiger partial charge in [-0.1, -0.05) is 0 Å². The van der Waals surface area contributed by atoms with Crippen LogP contribution >= 0.6 is 0 Å². The number of hydrogen-bond acceptors (Lipinski definition) is 2. The van der Waals surface area contributed by atoms with Gasteiger partial charge in [0, 0.05) is 12.8 Å². The molecule has 0 N–H and O–H groups in total. The topological polar surface area (TPSA) is 18.5 Å². The lowest BCUT2D eigenvalue weighted by atomic mass is 10.1. The first kappa shape index (κ1) is 9.95. The van der Waals surface area contributed by atoms with Crippen molar-refractivity contribution in [2.24, 2.45) is 0 Å². The molecule has 0 aromatic rings. The number of methoxy groups -OCH3 is 1. The fourth-order valence-corrected chi connectivity index (χ4v) is 0.888. The molecule has 0 bridgehead atoms. The molecule has 0 fully saturated rings. The highest BCUT2D eigenvalue weighted by atomic mass is 19.4. The molecule has 1 aliphatic rings. The van der Waals surface area contributed by atoms with E-state index in [9.17, 15) is 13.2 Å². The number of halogens is 3. The SMILES string of the molecule is COC1=CC=C(OC(F)(F)F)C[CH]1. The average Bonchev–Trinajstić information content (AvgIpc) is 2.03. The molecule has 13 heavy (non-hydrogen) atoms. The Kier molecular flexibility index (Phi) is 2.85. The summed E-state index contributed by atoms with van der Waals surface area (Å²) in [6.07, 6.45) is -0.338. The van der Waals surface area contributed by atoms with Crippen LogP contribution in [-0.2, 0) is 9.47 Å². The van der Waals surface area contributed by atoms with E-state index < -0.39 is 6.36 Å². The van der Waals surface area contributed by atoms with Crippen molar-refractivity contribution >= 4 is 0 Å². The van der Waals surface area contributed by atoms with Crippen LogP contribution in [0, 0.1) is 6.42 Å². The number of hydrogen-bond donors (Lipinski definition) is 0. The third-order valence-electron chi connectivity index (χ3n) is 1.42. The van der Waals surface area contributed by atoms with Gasteiger partial charge in [0.15, 0.2) is 0 Å². The first-order valence-electron chi connectivity index (χ1n) is 3.55. The number of rotatable bonds is 2. The Bertz CT molecular complexity index is 240. The lowest BCUT2D eigenvalue weighted by Gasteiger charge is -2.15. The Morgan fingerprint density at radius 1 is 1.31 bits per heavy atom. The molecule has 2 nitrogen and oxygen atoms in total. The molecule has 0 aliphatic heterocycles. The standard InChI is InChI=1S/C8H8F3O2/c1-12-6-2-4-7(5-3-6)13-8(9,10)11/h2-4H,5H2,1H3. The molecule has 1 radical (unpaired) electrons. The summed E-state index contributed by atoms with van der Waals surface area (Å²) in [5.41, 5.74) is 0. The van der Waals surface area contributed by atoms with Crippen molar-refractivity contribution in [3.05, 3.63) is 30.1 Å². The lowest BCUT2D eigenvalue weighted by molar-refractivity contribution is -0.306. The number of allylic oxidation sites excluding steroid dienone is 4. The Morgan fingerprint density at radius 2 is 2.00 bits per heavy atom. The van der Waals surface area contributed by atoms with E-state index in [-0.39, 0.29) is 12.2 Å². The molecule has 0 unspecified atom stereocenters. The summed E-state index contributed by atoms with van der Waals surface area (Å²) in [6.45, 7) is 0. The highest BCUT2D eigenvalue weighted by Gasteiger charge is 2.32. The normalized spacial score (nSPS) is 17.5. The number of alkyl halides is 3. The molecule has 1 rings (SSSR count). The van der Waals surface area contributed by atoms with E-state index in [2.05, 4.69) is 4.74 Å². The molecule has 5 heteroatoms. The van der Waals surface area contributed by atoms with Crippen molar-refractivity contribution in [2.75, 3.05) is 7.11 Å². The Balaban J connectivity index is 2.55. The largest absolute Gasteiger partial charge is 0.572 e. The van der Waals surface area contributed by atoms with Gasteiger partial charge in [0.2, 0.25) is 0 Å². The van der Waals surface area contributed by atoms with Crippen molar-refractivity contribution < 1.29 is 22.6 Å². The van der Waals surface area contributed by atoms with Gasteiger partial charge in [0.05, 0.1) is 12.9 Å². The van der Waals surface area contributed by atoms with Crippen LogP contribution in [0.15, 0.2) is 23.7 Å². The van der Waals surface area contributed by atoms with Crippen LogP contribution in [0.2, 0.25) is 0 Å². The van der Waals surface area contributed by atoms with E-state index in [0.717, 1.165) is 0 Å². The van der Waals surface area contributed by atoms with Crippen molar-refractivity contribution in [2.45, 2.75) is 12.8 Å². The summed E-state index contributed by atoms with van der Waals surface area (Å²) in [5.74, 6) is 0.405. The van der Waals surface area contributed by atoms with Gasteiger partial charge in [0.1, 0.15) is 5.76 Å². The van der Waals surface area contributed by atoms with Crippen LogP contribution in [0.1, 0.15) is 6.42 Å². The van der Waals surface area contributed by atoms with Crippen molar-refractivity contribution in [1.29, 1.82) is 0 Å². The lowest BCUT2D eigenvalue weighted by Crippen LogP contribution is -2.14. The van der Waals surface area contributed by atoms with Crippen LogP contribution in [0.3, 0.4) is 0 Å². The molecule has 0 aromatic heterocycles. The maximum Gasteiger partial charge on any atom is 0.572 e. The second kappa shape index (κ2) is 3.72. The minimum atomic E-state index is -4.61. The number of ether oxygens (including phenoxy) is 2. The smallest absolute Gasteiger partial charge is 0.501 e. The van der Waals surface area contributed by atoms with E-state index in [4.69, 9.17) is 4.74 Å². The second-order valence-corrected chi connectivity index (χ2v) is 2.36. The second-order valence-electron chi connectivity index (χ2n) is 2.36. The van der Waals surface area contributed by atoms with Crippen molar-refractivity contribution in [1.82, 2.24) is 0 Å². The maximum absolute atomic E-state index is 11.7. The monoisotopic (exact) mass is 193 g/mol. The molecule has 1 aliphatic carbocycles. The molecule has 0 saturated carbocycles. The van der Waals surface area contributed by atoms with E-state index >= 15 is 0 Å². The van der Waals surface area contributed by atoms with Crippen LogP contribution in [0.25, 0.3) is 0 Å². The Morgan fingerprint density at radius 3 is 2.38 bits per heavy atom. The predicted molar refractivity (Wildman–Crippen MR) is 39.2 cm³/mol. The minimum absolute atomic E-state index is 0.0964. The van der Waals surface area contributed by atoms with Gasteiger partial charge in [0.25, 0.3) is 0 Å². The summed E-state index contributed by atoms with van der Waals surface area (Å²) in [4.78, 5) is 0. The summed E-state index contributed by atoms with van der Waals surface area (Å²) >= 11 is 0. The first-order valence-corrected chi connectivity index (χ1v) is 3.55. The van der Waals surface area contributed by atoms with E-state index in [0.29, 0.717) is 5.76 Å². The molecule has 0 amide bonds. The van der Waals surface area contributed by atoms with Gasteiger partial charge in [-0.05, 0) is 12.2 Å². The highest BCUT2D eigenvalue weighted by molar-refractivity contribution is 5.24. The predicted octanol–water partition coefficient (Wildman–Crippen LogP) is 2.54. The van der Waals surface area contributed by atoms with Gasteiger partial charge in [-0.3, -0.25) is 0 Å². The van der Waals surface area contributed by atoms with Crippen LogP contribution in [-0.4, -0.2) is 13.5 Å². The Hall–Kier alpha value is -1.13. The molecule has 0 saturated heterocycles. The third-order valence-corrected chi connectivity index (χ3v) is 1.42. The fourth-order valence-electron chi connectivity index (χ4n) is 0.888. The zero-order chi connectivity index (χ0) is 9.90. The summed E-state index contributed by atoms with van der Waals surface area (Å²) < 4.78 is 43.6. The van der Waals surface area contributed by atoms with Gasteiger partial charge in [-0.2, -0.15) is 0 Å². The molecule has 0 aromatic carbocycles. The summed E-state index contributed by atoms with van der Waals surface area (Å²) in [6, 6.07) is 0. The summed E-state index contributed by atoms with van der Waals surface area (Å²) in [7, 11) is 1.45. The molecule has 0 spiro atoms. The van der Waals surface area contributed by atoms with Gasteiger partial charge < -0.3 is 9.47 Å². The molecular formula is C8H8F3O2. The highest BCUT2D eigenvalue weighted by Crippen LogP contribution is 2.26. The van der Waals surface area contributed by atoms with Gasteiger partial charge in [-0.25, -0.2) is 0 Å². The average molecular weight is 193 g/mol. The van der Waals surface area contributed by atoms with Crippen LogP contribution in [0.5, 0.6) is 0 Å². The van der Waals surface area contributed by atoms with Crippen LogP contribution in [0.4, 0.5) is 13.2 Å². The van der Waals surface area contributed by atoms with Crippen LogP contribution < -0.4 is 0 Å². The third kappa shape index (κ3) is 3.40. The molecular weight excluding hydrogens is 185 g/mol. The molecule has 73 valence electrons. The van der Waals surface area contributed by atoms with E-state index in [1.807, 2.05) is 0 Å². The van der Waals surface area contributed by atoms with Gasteiger partial charge in [-0.15, -0.1) is 13.2 Å². The van der Waals surface area contributed by atoms with E-state index in [1.165, 1.54) is 25.7 Å². The summed E-state index contributed by atoms with van der Waals surface area (Å²) in [5, 5.41) is 0. The zero-order valence-corrected chi connectivity index (χ0v) is 6.89.